The molecular weight excluding hydrogens is 284 g/mol. The van der Waals surface area contributed by atoms with Crippen LogP contribution in [0.4, 0.5) is 5.82 Å². The number of fused-ring (bicyclic) bond motifs is 1. The van der Waals surface area contributed by atoms with Gasteiger partial charge in [0.1, 0.15) is 17.0 Å². The predicted octanol–water partition coefficient (Wildman–Crippen LogP) is 2.58. The summed E-state index contributed by atoms with van der Waals surface area (Å²) in [6.07, 6.45) is 8.66. The van der Waals surface area contributed by atoms with Gasteiger partial charge in [0.2, 0.25) is 5.91 Å². The molecular formula is C15H18N4OS. The van der Waals surface area contributed by atoms with Gasteiger partial charge in [-0.2, -0.15) is 0 Å². The van der Waals surface area contributed by atoms with Crippen LogP contribution in [0.5, 0.6) is 0 Å². The summed E-state index contributed by atoms with van der Waals surface area (Å²) < 4.78 is 0. The standard InChI is InChI=1S/C15H18N4OS/c20-13(9-11-3-1-2-4-11)16-6-7-17-14-12-5-8-21-15(12)19-10-18-14/h1,3,5,8,10-11H,2,4,6-7,9H2,(H,16,20)(H,17,18,19)/t11-/m0/s1. The molecule has 21 heavy (non-hydrogen) atoms. The third-order valence-electron chi connectivity index (χ3n) is 3.56. The van der Waals surface area contributed by atoms with Crippen LogP contribution in [0.3, 0.4) is 0 Å². The molecule has 2 aromatic heterocycles. The van der Waals surface area contributed by atoms with Crippen molar-refractivity contribution in [1.29, 1.82) is 0 Å². The van der Waals surface area contributed by atoms with Crippen molar-refractivity contribution in [1.82, 2.24) is 15.3 Å². The highest BCUT2D eigenvalue weighted by Crippen LogP contribution is 2.23. The topological polar surface area (TPSA) is 66.9 Å². The zero-order valence-corrected chi connectivity index (χ0v) is 12.5. The first kappa shape index (κ1) is 14.0. The smallest absolute Gasteiger partial charge is 0.220 e. The summed E-state index contributed by atoms with van der Waals surface area (Å²) in [6, 6.07) is 2.01. The van der Waals surface area contributed by atoms with Crippen LogP contribution in [0, 0.1) is 5.92 Å². The van der Waals surface area contributed by atoms with E-state index < -0.39 is 0 Å². The monoisotopic (exact) mass is 302 g/mol. The Kier molecular flexibility index (Phi) is 4.45. The van der Waals surface area contributed by atoms with Gasteiger partial charge in [0, 0.05) is 19.5 Å². The number of anilines is 1. The van der Waals surface area contributed by atoms with E-state index in [1.807, 2.05) is 11.4 Å². The number of thiophene rings is 1. The van der Waals surface area contributed by atoms with Crippen molar-refractivity contribution in [3.8, 4) is 0 Å². The first-order valence-electron chi connectivity index (χ1n) is 7.18. The number of aromatic nitrogens is 2. The van der Waals surface area contributed by atoms with E-state index in [0.29, 0.717) is 25.4 Å². The van der Waals surface area contributed by atoms with Crippen LogP contribution in [-0.4, -0.2) is 29.0 Å². The molecule has 3 rings (SSSR count). The fourth-order valence-electron chi connectivity index (χ4n) is 2.49. The van der Waals surface area contributed by atoms with Crippen LogP contribution in [0.2, 0.25) is 0 Å². The molecule has 0 saturated carbocycles. The van der Waals surface area contributed by atoms with Crippen LogP contribution >= 0.6 is 11.3 Å². The molecule has 1 aliphatic carbocycles. The van der Waals surface area contributed by atoms with Crippen molar-refractivity contribution in [3.05, 3.63) is 29.9 Å². The number of hydrogen-bond donors (Lipinski definition) is 2. The van der Waals surface area contributed by atoms with Gasteiger partial charge in [-0.25, -0.2) is 9.97 Å². The van der Waals surface area contributed by atoms with Crippen LogP contribution in [0.15, 0.2) is 29.9 Å². The molecule has 0 aliphatic heterocycles. The average Bonchev–Trinajstić information content (AvgIpc) is 3.14. The van der Waals surface area contributed by atoms with Gasteiger partial charge >= 0.3 is 0 Å². The van der Waals surface area contributed by atoms with E-state index in [0.717, 1.165) is 28.9 Å². The number of rotatable bonds is 6. The van der Waals surface area contributed by atoms with Gasteiger partial charge in [0.15, 0.2) is 0 Å². The molecule has 0 bridgehead atoms. The molecule has 2 N–H and O–H groups in total. The number of carbonyl (C=O) groups excluding carboxylic acids is 1. The molecule has 5 nitrogen and oxygen atoms in total. The zero-order chi connectivity index (χ0) is 14.5. The number of nitrogens with one attached hydrogen (secondary N) is 2. The molecule has 0 spiro atoms. The molecule has 2 heterocycles. The Morgan fingerprint density at radius 1 is 1.38 bits per heavy atom. The fourth-order valence-corrected chi connectivity index (χ4v) is 3.22. The van der Waals surface area contributed by atoms with Crippen molar-refractivity contribution < 1.29 is 4.79 Å². The molecule has 1 atom stereocenters. The minimum absolute atomic E-state index is 0.122. The Morgan fingerprint density at radius 3 is 3.19 bits per heavy atom. The Hall–Kier alpha value is -1.95. The van der Waals surface area contributed by atoms with Gasteiger partial charge < -0.3 is 10.6 Å². The van der Waals surface area contributed by atoms with E-state index in [9.17, 15) is 4.79 Å². The first-order valence-corrected chi connectivity index (χ1v) is 8.06. The molecule has 0 saturated heterocycles. The molecule has 110 valence electrons. The first-order chi connectivity index (χ1) is 10.3. The molecule has 0 unspecified atom stereocenters. The van der Waals surface area contributed by atoms with Gasteiger partial charge in [-0.05, 0) is 30.2 Å². The van der Waals surface area contributed by atoms with Crippen molar-refractivity contribution in [2.45, 2.75) is 19.3 Å². The molecule has 0 aromatic carbocycles. The number of amides is 1. The molecule has 2 aromatic rings. The van der Waals surface area contributed by atoms with Crippen LogP contribution in [0.25, 0.3) is 10.2 Å². The Balaban J connectivity index is 1.42. The second-order valence-corrected chi connectivity index (χ2v) is 6.00. The lowest BCUT2D eigenvalue weighted by Crippen LogP contribution is -2.29. The van der Waals surface area contributed by atoms with E-state index in [1.165, 1.54) is 0 Å². The normalized spacial score (nSPS) is 17.2. The predicted molar refractivity (Wildman–Crippen MR) is 85.4 cm³/mol. The van der Waals surface area contributed by atoms with Crippen LogP contribution < -0.4 is 10.6 Å². The maximum atomic E-state index is 11.8. The lowest BCUT2D eigenvalue weighted by Gasteiger charge is -2.10. The SMILES string of the molecule is O=C(C[C@H]1C=CCC1)NCCNc1ncnc2sccc12. The van der Waals surface area contributed by atoms with Gasteiger partial charge in [-0.3, -0.25) is 4.79 Å². The number of hydrogen-bond acceptors (Lipinski definition) is 5. The van der Waals surface area contributed by atoms with Crippen molar-refractivity contribution in [3.63, 3.8) is 0 Å². The van der Waals surface area contributed by atoms with Crippen molar-refractivity contribution in [2.24, 2.45) is 5.92 Å². The van der Waals surface area contributed by atoms with Crippen molar-refractivity contribution >= 4 is 33.3 Å². The Morgan fingerprint density at radius 2 is 2.33 bits per heavy atom. The van der Waals surface area contributed by atoms with E-state index in [1.54, 1.807) is 17.7 Å². The Labute approximate surface area is 127 Å². The summed E-state index contributed by atoms with van der Waals surface area (Å²) >= 11 is 1.60. The summed E-state index contributed by atoms with van der Waals surface area (Å²) in [5.41, 5.74) is 0. The summed E-state index contributed by atoms with van der Waals surface area (Å²) in [5.74, 6) is 1.37. The second-order valence-electron chi connectivity index (χ2n) is 5.11. The fraction of sp³-hybridized carbons (Fsp3) is 0.400. The zero-order valence-electron chi connectivity index (χ0n) is 11.7. The highest BCUT2D eigenvalue weighted by atomic mass is 32.1. The van der Waals surface area contributed by atoms with E-state index in [-0.39, 0.29) is 5.91 Å². The Bertz CT molecular complexity index is 652. The van der Waals surface area contributed by atoms with Crippen molar-refractivity contribution in [2.75, 3.05) is 18.4 Å². The third kappa shape index (κ3) is 3.58. The summed E-state index contributed by atoms with van der Waals surface area (Å²) in [5, 5.41) is 9.23. The lowest BCUT2D eigenvalue weighted by molar-refractivity contribution is -0.121. The largest absolute Gasteiger partial charge is 0.368 e. The number of allylic oxidation sites excluding steroid dienone is 2. The third-order valence-corrected chi connectivity index (χ3v) is 4.38. The quantitative estimate of drug-likeness (QED) is 0.636. The van der Waals surface area contributed by atoms with Crippen LogP contribution in [0.1, 0.15) is 19.3 Å². The minimum Gasteiger partial charge on any atom is -0.368 e. The van der Waals surface area contributed by atoms with E-state index in [4.69, 9.17) is 0 Å². The summed E-state index contributed by atoms with van der Waals surface area (Å²) in [7, 11) is 0. The summed E-state index contributed by atoms with van der Waals surface area (Å²) in [4.78, 5) is 21.2. The second kappa shape index (κ2) is 6.67. The average molecular weight is 302 g/mol. The van der Waals surface area contributed by atoms with E-state index >= 15 is 0 Å². The molecule has 0 radical (unpaired) electrons. The van der Waals surface area contributed by atoms with Crippen LogP contribution in [-0.2, 0) is 4.79 Å². The lowest BCUT2D eigenvalue weighted by atomic mass is 10.1. The van der Waals surface area contributed by atoms with E-state index in [2.05, 4.69) is 32.8 Å². The maximum absolute atomic E-state index is 11.8. The number of carbonyl (C=O) groups is 1. The highest BCUT2D eigenvalue weighted by Gasteiger charge is 2.13. The molecule has 1 aliphatic rings. The van der Waals surface area contributed by atoms with Gasteiger partial charge in [-0.15, -0.1) is 11.3 Å². The molecule has 1 amide bonds. The number of nitrogens with zero attached hydrogens (tertiary/aromatic N) is 2. The highest BCUT2D eigenvalue weighted by molar-refractivity contribution is 7.16. The summed E-state index contributed by atoms with van der Waals surface area (Å²) in [6.45, 7) is 1.26. The molecule has 0 fully saturated rings. The molecule has 6 heteroatoms. The van der Waals surface area contributed by atoms with Gasteiger partial charge in [0.05, 0.1) is 5.39 Å². The van der Waals surface area contributed by atoms with Gasteiger partial charge in [-0.1, -0.05) is 12.2 Å². The maximum Gasteiger partial charge on any atom is 0.220 e. The minimum atomic E-state index is 0.122. The van der Waals surface area contributed by atoms with Gasteiger partial charge in [0.25, 0.3) is 0 Å².